The number of nitro benzene ring substituents is 1. The zero-order chi connectivity index (χ0) is 14.4. The molecule has 0 radical (unpaired) electrons. The third kappa shape index (κ3) is 4.36. The Hall–Kier alpha value is -1.33. The summed E-state index contributed by atoms with van der Waals surface area (Å²) < 4.78 is 0. The number of benzene rings is 1. The van der Waals surface area contributed by atoms with Gasteiger partial charge in [-0.15, -0.1) is 0 Å². The summed E-state index contributed by atoms with van der Waals surface area (Å²) in [5, 5.41) is 14.4. The lowest BCUT2D eigenvalue weighted by Crippen LogP contribution is -2.34. The third-order valence-corrected chi connectivity index (χ3v) is 3.30. The van der Waals surface area contributed by atoms with Crippen LogP contribution in [-0.4, -0.2) is 35.5 Å². The number of anilines is 1. The maximum Gasteiger partial charge on any atom is 0.310 e. The average Bonchev–Trinajstić information content (AvgIpc) is 2.35. The van der Waals surface area contributed by atoms with E-state index in [1.807, 2.05) is 6.92 Å². The summed E-state index contributed by atoms with van der Waals surface area (Å²) in [6.07, 6.45) is 0. The standard InChI is InChI=1S/C13H20ClN3O2/c1-4-16(5-2)9-10(3)15-12-8-6-7-11(14)13(12)17(18)19/h6-8,10,15H,4-5,9H2,1-3H3. The second-order valence-electron chi connectivity index (χ2n) is 4.42. The van der Waals surface area contributed by atoms with Gasteiger partial charge in [-0.2, -0.15) is 0 Å². The van der Waals surface area contributed by atoms with Crippen LogP contribution in [0, 0.1) is 10.1 Å². The van der Waals surface area contributed by atoms with Crippen molar-refractivity contribution in [1.29, 1.82) is 0 Å². The number of nitro groups is 1. The number of nitrogens with one attached hydrogen (secondary N) is 1. The second-order valence-corrected chi connectivity index (χ2v) is 4.83. The topological polar surface area (TPSA) is 58.4 Å². The first-order valence-corrected chi connectivity index (χ1v) is 6.79. The van der Waals surface area contributed by atoms with E-state index in [9.17, 15) is 10.1 Å². The number of likely N-dealkylation sites (N-methyl/N-ethyl adjacent to an activating group) is 1. The molecular formula is C13H20ClN3O2. The highest BCUT2D eigenvalue weighted by molar-refractivity contribution is 6.33. The van der Waals surface area contributed by atoms with Gasteiger partial charge in [-0.25, -0.2) is 0 Å². The largest absolute Gasteiger partial charge is 0.376 e. The Morgan fingerprint density at radius 3 is 2.58 bits per heavy atom. The van der Waals surface area contributed by atoms with Crippen molar-refractivity contribution in [3.8, 4) is 0 Å². The smallest absolute Gasteiger partial charge is 0.310 e. The predicted molar refractivity (Wildman–Crippen MR) is 79.0 cm³/mol. The molecule has 0 fully saturated rings. The van der Waals surface area contributed by atoms with Crippen LogP contribution >= 0.6 is 11.6 Å². The van der Waals surface area contributed by atoms with Crippen LogP contribution in [0.5, 0.6) is 0 Å². The van der Waals surface area contributed by atoms with Crippen LogP contribution in [0.25, 0.3) is 0 Å². The van der Waals surface area contributed by atoms with Crippen molar-refractivity contribution in [3.05, 3.63) is 33.3 Å². The van der Waals surface area contributed by atoms with Crippen LogP contribution in [0.1, 0.15) is 20.8 Å². The fourth-order valence-electron chi connectivity index (χ4n) is 2.00. The van der Waals surface area contributed by atoms with Crippen molar-refractivity contribution >= 4 is 23.0 Å². The van der Waals surface area contributed by atoms with Crippen molar-refractivity contribution in [3.63, 3.8) is 0 Å². The first-order valence-electron chi connectivity index (χ1n) is 6.41. The van der Waals surface area contributed by atoms with E-state index >= 15 is 0 Å². The number of para-hydroxylation sites is 1. The highest BCUT2D eigenvalue weighted by Gasteiger charge is 2.19. The molecule has 19 heavy (non-hydrogen) atoms. The summed E-state index contributed by atoms with van der Waals surface area (Å²) in [5.74, 6) is 0. The fraction of sp³-hybridized carbons (Fsp3) is 0.538. The van der Waals surface area contributed by atoms with Crippen LogP contribution in [0.2, 0.25) is 5.02 Å². The van der Waals surface area contributed by atoms with E-state index in [-0.39, 0.29) is 16.8 Å². The highest BCUT2D eigenvalue weighted by atomic mass is 35.5. The van der Waals surface area contributed by atoms with E-state index in [0.717, 1.165) is 19.6 Å². The summed E-state index contributed by atoms with van der Waals surface area (Å²) in [7, 11) is 0. The van der Waals surface area contributed by atoms with Gasteiger partial charge >= 0.3 is 5.69 Å². The van der Waals surface area contributed by atoms with Gasteiger partial charge in [0.2, 0.25) is 0 Å². The fourth-order valence-corrected chi connectivity index (χ4v) is 2.24. The Labute approximate surface area is 118 Å². The molecular weight excluding hydrogens is 266 g/mol. The third-order valence-electron chi connectivity index (χ3n) is 3.00. The van der Waals surface area contributed by atoms with Gasteiger partial charge in [0.25, 0.3) is 0 Å². The van der Waals surface area contributed by atoms with E-state index < -0.39 is 4.92 Å². The molecule has 0 saturated heterocycles. The quantitative estimate of drug-likeness (QED) is 0.616. The molecule has 0 aliphatic rings. The van der Waals surface area contributed by atoms with Gasteiger partial charge in [0.1, 0.15) is 10.7 Å². The first kappa shape index (κ1) is 15.7. The van der Waals surface area contributed by atoms with Gasteiger partial charge in [0, 0.05) is 12.6 Å². The molecule has 0 heterocycles. The molecule has 5 nitrogen and oxygen atoms in total. The lowest BCUT2D eigenvalue weighted by molar-refractivity contribution is -0.383. The molecule has 1 rings (SSSR count). The zero-order valence-electron chi connectivity index (χ0n) is 11.5. The first-order chi connectivity index (χ1) is 8.99. The molecule has 1 atom stereocenters. The lowest BCUT2D eigenvalue weighted by Gasteiger charge is -2.24. The van der Waals surface area contributed by atoms with Crippen molar-refractivity contribution in [2.24, 2.45) is 0 Å². The van der Waals surface area contributed by atoms with Crippen LogP contribution < -0.4 is 5.32 Å². The summed E-state index contributed by atoms with van der Waals surface area (Å²) >= 11 is 5.88. The van der Waals surface area contributed by atoms with E-state index in [2.05, 4.69) is 24.1 Å². The van der Waals surface area contributed by atoms with Gasteiger partial charge in [-0.3, -0.25) is 10.1 Å². The van der Waals surface area contributed by atoms with E-state index in [1.165, 1.54) is 6.07 Å². The molecule has 0 aliphatic carbocycles. The maximum absolute atomic E-state index is 11.0. The molecule has 0 spiro atoms. The highest BCUT2D eigenvalue weighted by Crippen LogP contribution is 2.32. The molecule has 6 heteroatoms. The van der Waals surface area contributed by atoms with Crippen LogP contribution in [0.4, 0.5) is 11.4 Å². The molecule has 0 amide bonds. The SMILES string of the molecule is CCN(CC)CC(C)Nc1cccc(Cl)c1[N+](=O)[O-]. The van der Waals surface area contributed by atoms with Crippen molar-refractivity contribution in [2.75, 3.05) is 25.0 Å². The van der Waals surface area contributed by atoms with Gasteiger partial charge in [-0.1, -0.05) is 31.5 Å². The Bertz CT molecular complexity index is 436. The second kappa shape index (κ2) is 7.31. The normalized spacial score (nSPS) is 12.5. The Morgan fingerprint density at radius 2 is 2.05 bits per heavy atom. The molecule has 1 aromatic carbocycles. The van der Waals surface area contributed by atoms with Crippen LogP contribution in [0.3, 0.4) is 0 Å². The average molecular weight is 286 g/mol. The molecule has 0 bridgehead atoms. The number of hydrogen-bond acceptors (Lipinski definition) is 4. The molecule has 1 aromatic rings. The molecule has 0 aromatic heterocycles. The van der Waals surface area contributed by atoms with Crippen molar-refractivity contribution < 1.29 is 4.92 Å². The molecule has 0 aliphatic heterocycles. The monoisotopic (exact) mass is 285 g/mol. The molecule has 106 valence electrons. The van der Waals surface area contributed by atoms with E-state index in [0.29, 0.717) is 5.69 Å². The predicted octanol–water partition coefficient (Wildman–Crippen LogP) is 3.39. The number of nitrogens with zero attached hydrogens (tertiary/aromatic N) is 2. The maximum atomic E-state index is 11.0. The Balaban J connectivity index is 2.82. The molecule has 1 unspecified atom stereocenters. The summed E-state index contributed by atoms with van der Waals surface area (Å²) in [4.78, 5) is 12.8. The number of hydrogen-bond donors (Lipinski definition) is 1. The minimum Gasteiger partial charge on any atom is -0.376 e. The van der Waals surface area contributed by atoms with E-state index in [4.69, 9.17) is 11.6 Å². The van der Waals surface area contributed by atoms with Gasteiger partial charge < -0.3 is 10.2 Å². The Morgan fingerprint density at radius 1 is 1.42 bits per heavy atom. The van der Waals surface area contributed by atoms with Crippen molar-refractivity contribution in [1.82, 2.24) is 4.90 Å². The van der Waals surface area contributed by atoms with Crippen LogP contribution in [-0.2, 0) is 0 Å². The summed E-state index contributed by atoms with van der Waals surface area (Å²) in [5.41, 5.74) is 0.410. The lowest BCUT2D eigenvalue weighted by atomic mass is 10.2. The van der Waals surface area contributed by atoms with E-state index in [1.54, 1.807) is 12.1 Å². The zero-order valence-corrected chi connectivity index (χ0v) is 12.3. The van der Waals surface area contributed by atoms with Gasteiger partial charge in [-0.05, 0) is 32.1 Å². The minimum absolute atomic E-state index is 0.0597. The molecule has 0 saturated carbocycles. The summed E-state index contributed by atoms with van der Waals surface area (Å²) in [6, 6.07) is 5.03. The summed E-state index contributed by atoms with van der Waals surface area (Å²) in [6.45, 7) is 8.94. The number of rotatable bonds is 7. The van der Waals surface area contributed by atoms with Crippen LogP contribution in [0.15, 0.2) is 18.2 Å². The molecule has 1 N–H and O–H groups in total. The number of halogens is 1. The van der Waals surface area contributed by atoms with Gasteiger partial charge in [0.15, 0.2) is 0 Å². The Kier molecular flexibility index (Phi) is 6.05. The minimum atomic E-state index is -0.450. The van der Waals surface area contributed by atoms with Gasteiger partial charge in [0.05, 0.1) is 4.92 Å². The van der Waals surface area contributed by atoms with Crippen molar-refractivity contribution in [2.45, 2.75) is 26.8 Å².